The summed E-state index contributed by atoms with van der Waals surface area (Å²) < 4.78 is 0. The average Bonchev–Trinajstić information content (AvgIpc) is 2.14. The summed E-state index contributed by atoms with van der Waals surface area (Å²) in [7, 11) is 0. The van der Waals surface area contributed by atoms with E-state index in [1.165, 1.54) is 0 Å². The van der Waals surface area contributed by atoms with Crippen LogP contribution in [0.4, 0.5) is 0 Å². The van der Waals surface area contributed by atoms with Gasteiger partial charge in [0.05, 0.1) is 0 Å². The van der Waals surface area contributed by atoms with Gasteiger partial charge >= 0.3 is 0 Å². The van der Waals surface area contributed by atoms with Crippen LogP contribution >= 0.6 is 0 Å². The number of rotatable bonds is 0. The molecule has 0 N–H and O–H groups in total. The zero-order valence-corrected chi connectivity index (χ0v) is 4.13. The van der Waals surface area contributed by atoms with Crippen LogP contribution in [0.5, 0.6) is 0 Å². The van der Waals surface area contributed by atoms with Gasteiger partial charge in [-0.25, -0.2) is 9.98 Å². The van der Waals surface area contributed by atoms with E-state index in [0.717, 1.165) is 5.82 Å². The van der Waals surface area contributed by atoms with Gasteiger partial charge in [0.25, 0.3) is 0 Å². The monoisotopic (exact) mass is 94.1 g/mol. The first-order chi connectivity index (χ1) is 3.43. The maximum absolute atomic E-state index is 3.87. The molecule has 0 spiro atoms. The molecule has 0 aromatic heterocycles. The van der Waals surface area contributed by atoms with Crippen LogP contribution in [0, 0.1) is 0 Å². The second-order valence-electron chi connectivity index (χ2n) is 1.20. The summed E-state index contributed by atoms with van der Waals surface area (Å²) in [5, 5.41) is 0. The van der Waals surface area contributed by atoms with Crippen LogP contribution in [0.1, 0.15) is 6.92 Å². The summed E-state index contributed by atoms with van der Waals surface area (Å²) in [5.41, 5.74) is 0. The second-order valence-corrected chi connectivity index (χ2v) is 1.20. The largest absolute Gasteiger partial charge is 0.236 e. The van der Waals surface area contributed by atoms with Crippen molar-refractivity contribution in [2.24, 2.45) is 9.98 Å². The zero-order valence-electron chi connectivity index (χ0n) is 4.13. The highest BCUT2D eigenvalue weighted by molar-refractivity contribution is 6.18. The van der Waals surface area contributed by atoms with Crippen molar-refractivity contribution in [3.63, 3.8) is 0 Å². The minimum Gasteiger partial charge on any atom is -0.236 e. The number of nitrogens with zero attached hydrogens (tertiary/aromatic N) is 2. The smallest absolute Gasteiger partial charge is 0.147 e. The first kappa shape index (κ1) is 4.24. The normalized spacial score (nSPS) is 15.9. The van der Waals surface area contributed by atoms with Gasteiger partial charge in [0.1, 0.15) is 5.82 Å². The maximum atomic E-state index is 3.87. The molecule has 1 rings (SSSR count). The fourth-order valence-corrected chi connectivity index (χ4v) is 0.402. The summed E-state index contributed by atoms with van der Waals surface area (Å²) >= 11 is 0. The SMILES string of the molecule is CC=C1N=CC=N1. The molecule has 1 heterocycles. The Labute approximate surface area is 42.3 Å². The van der Waals surface area contributed by atoms with Crippen molar-refractivity contribution < 1.29 is 0 Å². The lowest BCUT2D eigenvalue weighted by atomic mass is 10.6. The van der Waals surface area contributed by atoms with E-state index in [9.17, 15) is 0 Å². The Bertz CT molecular complexity index is 128. The van der Waals surface area contributed by atoms with Gasteiger partial charge in [-0.05, 0) is 13.0 Å². The molecule has 0 bridgehead atoms. The van der Waals surface area contributed by atoms with Crippen LogP contribution in [0.3, 0.4) is 0 Å². The molecule has 36 valence electrons. The highest BCUT2D eigenvalue weighted by Gasteiger charge is 1.86. The van der Waals surface area contributed by atoms with Crippen molar-refractivity contribution in [2.45, 2.75) is 6.92 Å². The third-order valence-corrected chi connectivity index (χ3v) is 0.738. The third kappa shape index (κ3) is 0.738. The van der Waals surface area contributed by atoms with Crippen LogP contribution in [-0.2, 0) is 0 Å². The minimum atomic E-state index is 0.806. The van der Waals surface area contributed by atoms with Crippen LogP contribution in [-0.4, -0.2) is 12.4 Å². The molecule has 0 radical (unpaired) electrons. The third-order valence-electron chi connectivity index (χ3n) is 0.738. The molecule has 0 fully saturated rings. The van der Waals surface area contributed by atoms with Gasteiger partial charge in [0.15, 0.2) is 0 Å². The molecule has 0 aromatic carbocycles. The lowest BCUT2D eigenvalue weighted by molar-refractivity contribution is 1.27. The molecule has 0 amide bonds. The Balaban J connectivity index is 2.79. The number of allylic oxidation sites excluding steroid dienone is 1. The van der Waals surface area contributed by atoms with Gasteiger partial charge < -0.3 is 0 Å². The molecule has 1 aliphatic rings. The van der Waals surface area contributed by atoms with Gasteiger partial charge in [-0.15, -0.1) is 0 Å². The Hall–Kier alpha value is -0.920. The zero-order chi connectivity index (χ0) is 5.11. The van der Waals surface area contributed by atoms with Crippen molar-refractivity contribution in [3.8, 4) is 0 Å². The van der Waals surface area contributed by atoms with E-state index < -0.39 is 0 Å². The molecular weight excluding hydrogens is 88.1 g/mol. The summed E-state index contributed by atoms with van der Waals surface area (Å²) in [6.45, 7) is 1.91. The van der Waals surface area contributed by atoms with E-state index in [0.29, 0.717) is 0 Å². The Kier molecular flexibility index (Phi) is 1.02. The lowest BCUT2D eigenvalue weighted by Crippen LogP contribution is -1.58. The summed E-state index contributed by atoms with van der Waals surface area (Å²) in [4.78, 5) is 7.74. The average molecular weight is 94.1 g/mol. The van der Waals surface area contributed by atoms with Crippen LogP contribution in [0.2, 0.25) is 0 Å². The standard InChI is InChI=1S/C5H6N2/c1-2-5-6-3-4-7-5/h2-4H,1H3. The van der Waals surface area contributed by atoms with Gasteiger partial charge in [0.2, 0.25) is 0 Å². The number of aliphatic imine (C=N–C) groups is 2. The topological polar surface area (TPSA) is 24.7 Å². The molecule has 1 aliphatic heterocycles. The minimum absolute atomic E-state index is 0.806. The van der Waals surface area contributed by atoms with Gasteiger partial charge in [-0.2, -0.15) is 0 Å². The highest BCUT2D eigenvalue weighted by atomic mass is 15.0. The summed E-state index contributed by atoms with van der Waals surface area (Å²) in [5.74, 6) is 0.806. The quantitative estimate of drug-likeness (QED) is 0.428. The van der Waals surface area contributed by atoms with E-state index in [1.807, 2.05) is 13.0 Å². The number of hydrogen-bond acceptors (Lipinski definition) is 2. The molecule has 0 aromatic rings. The first-order valence-electron chi connectivity index (χ1n) is 2.16. The lowest BCUT2D eigenvalue weighted by Gasteiger charge is -1.77. The van der Waals surface area contributed by atoms with Crippen molar-refractivity contribution in [2.75, 3.05) is 0 Å². The van der Waals surface area contributed by atoms with Gasteiger partial charge in [0, 0.05) is 12.4 Å². The van der Waals surface area contributed by atoms with E-state index >= 15 is 0 Å². The molecule has 0 aliphatic carbocycles. The van der Waals surface area contributed by atoms with E-state index in [4.69, 9.17) is 0 Å². The fourth-order valence-electron chi connectivity index (χ4n) is 0.402. The molecule has 0 saturated carbocycles. The van der Waals surface area contributed by atoms with E-state index in [1.54, 1.807) is 12.4 Å². The van der Waals surface area contributed by atoms with Crippen molar-refractivity contribution in [3.05, 3.63) is 11.9 Å². The van der Waals surface area contributed by atoms with E-state index in [-0.39, 0.29) is 0 Å². The Morgan fingerprint density at radius 3 is 2.29 bits per heavy atom. The molecule has 7 heavy (non-hydrogen) atoms. The molecule has 2 nitrogen and oxygen atoms in total. The summed E-state index contributed by atoms with van der Waals surface area (Å²) in [6.07, 6.45) is 5.21. The molecule has 0 atom stereocenters. The van der Waals surface area contributed by atoms with Crippen LogP contribution in [0.15, 0.2) is 21.9 Å². The van der Waals surface area contributed by atoms with Crippen molar-refractivity contribution in [1.82, 2.24) is 0 Å². The fraction of sp³-hybridized carbons (Fsp3) is 0.200. The van der Waals surface area contributed by atoms with E-state index in [2.05, 4.69) is 9.98 Å². The van der Waals surface area contributed by atoms with Crippen LogP contribution < -0.4 is 0 Å². The summed E-state index contributed by atoms with van der Waals surface area (Å²) in [6, 6.07) is 0. The van der Waals surface area contributed by atoms with Gasteiger partial charge in [-0.3, -0.25) is 0 Å². The molecule has 0 unspecified atom stereocenters. The molecule has 2 heteroatoms. The predicted molar refractivity (Wildman–Crippen MR) is 30.7 cm³/mol. The highest BCUT2D eigenvalue weighted by Crippen LogP contribution is 1.98. The second kappa shape index (κ2) is 1.69. The van der Waals surface area contributed by atoms with Crippen molar-refractivity contribution >= 4 is 12.4 Å². The predicted octanol–water partition coefficient (Wildman–Crippen LogP) is 1.00. The Morgan fingerprint density at radius 1 is 1.43 bits per heavy atom. The molecule has 0 saturated heterocycles. The first-order valence-corrected chi connectivity index (χ1v) is 2.16. The maximum Gasteiger partial charge on any atom is 0.147 e. The molecular formula is C5H6N2. The Morgan fingerprint density at radius 2 is 2.00 bits per heavy atom. The van der Waals surface area contributed by atoms with Crippen molar-refractivity contribution in [1.29, 1.82) is 0 Å². The van der Waals surface area contributed by atoms with Gasteiger partial charge in [-0.1, -0.05) is 0 Å². The number of hydrogen-bond donors (Lipinski definition) is 0. The van der Waals surface area contributed by atoms with Crippen LogP contribution in [0.25, 0.3) is 0 Å².